The summed E-state index contributed by atoms with van der Waals surface area (Å²) in [7, 11) is 0. The molecule has 1 saturated carbocycles. The minimum Gasteiger partial charge on any atom is -0.380 e. The second kappa shape index (κ2) is 6.36. The Morgan fingerprint density at radius 2 is 2.06 bits per heavy atom. The number of hydrogen-bond donors (Lipinski definition) is 1. The van der Waals surface area contributed by atoms with Crippen LogP contribution in [0.3, 0.4) is 0 Å². The molecule has 2 rings (SSSR count). The Morgan fingerprint density at radius 1 is 1.28 bits per heavy atom. The van der Waals surface area contributed by atoms with Crippen molar-refractivity contribution in [2.45, 2.75) is 58.0 Å². The summed E-state index contributed by atoms with van der Waals surface area (Å²) in [6.45, 7) is 12.1. The van der Waals surface area contributed by atoms with E-state index in [4.69, 9.17) is 4.74 Å². The lowest BCUT2D eigenvalue weighted by Gasteiger charge is -2.46. The van der Waals surface area contributed by atoms with Gasteiger partial charge in [-0.05, 0) is 38.5 Å². The minimum atomic E-state index is 0.358. The van der Waals surface area contributed by atoms with Gasteiger partial charge < -0.3 is 10.1 Å². The van der Waals surface area contributed by atoms with Crippen molar-refractivity contribution < 1.29 is 4.74 Å². The van der Waals surface area contributed by atoms with Gasteiger partial charge in [0.2, 0.25) is 0 Å². The minimum absolute atomic E-state index is 0.358. The van der Waals surface area contributed by atoms with Gasteiger partial charge in [0, 0.05) is 37.8 Å². The van der Waals surface area contributed by atoms with Crippen molar-refractivity contribution in [1.29, 1.82) is 0 Å². The van der Waals surface area contributed by atoms with Gasteiger partial charge in [-0.25, -0.2) is 0 Å². The second-order valence-corrected chi connectivity index (χ2v) is 6.22. The molecule has 0 bridgehead atoms. The smallest absolute Gasteiger partial charge is 0.0593 e. The molecular formula is C15H30N2O. The van der Waals surface area contributed by atoms with Crippen LogP contribution in [0.5, 0.6) is 0 Å². The Hall–Kier alpha value is -0.120. The van der Waals surface area contributed by atoms with Crippen LogP contribution >= 0.6 is 0 Å². The Bertz CT molecular complexity index is 255. The fourth-order valence-electron chi connectivity index (χ4n) is 3.17. The van der Waals surface area contributed by atoms with Crippen LogP contribution in [0.2, 0.25) is 0 Å². The van der Waals surface area contributed by atoms with Gasteiger partial charge in [-0.3, -0.25) is 4.90 Å². The summed E-state index contributed by atoms with van der Waals surface area (Å²) in [4.78, 5) is 2.66. The van der Waals surface area contributed by atoms with Crippen LogP contribution in [0.25, 0.3) is 0 Å². The second-order valence-electron chi connectivity index (χ2n) is 6.22. The first-order valence-corrected chi connectivity index (χ1v) is 7.76. The highest BCUT2D eigenvalue weighted by Gasteiger charge is 2.45. The number of nitrogens with zero attached hydrogens (tertiary/aromatic N) is 1. The molecule has 1 aliphatic heterocycles. The molecule has 0 radical (unpaired) electrons. The van der Waals surface area contributed by atoms with Gasteiger partial charge in [-0.15, -0.1) is 0 Å². The highest BCUT2D eigenvalue weighted by atomic mass is 16.5. The van der Waals surface area contributed by atoms with Gasteiger partial charge in [-0.1, -0.05) is 13.8 Å². The van der Waals surface area contributed by atoms with Crippen molar-refractivity contribution in [2.75, 3.05) is 32.8 Å². The third-order valence-corrected chi connectivity index (χ3v) is 4.61. The standard InChI is InChI=1S/C15H30N2O/c1-4-9-18-10-8-17-12-15(3,13-6-7-13)16-11-14(17)5-2/h13-14,16H,4-12H2,1-3H3. The summed E-state index contributed by atoms with van der Waals surface area (Å²) in [5, 5.41) is 3.81. The topological polar surface area (TPSA) is 24.5 Å². The van der Waals surface area contributed by atoms with E-state index in [0.29, 0.717) is 11.6 Å². The summed E-state index contributed by atoms with van der Waals surface area (Å²) in [5.74, 6) is 0.911. The Labute approximate surface area is 112 Å². The van der Waals surface area contributed by atoms with Crippen molar-refractivity contribution >= 4 is 0 Å². The zero-order valence-corrected chi connectivity index (χ0v) is 12.4. The van der Waals surface area contributed by atoms with E-state index in [2.05, 4.69) is 31.0 Å². The predicted octanol–water partition coefficient (Wildman–Crippen LogP) is 2.27. The van der Waals surface area contributed by atoms with Gasteiger partial charge >= 0.3 is 0 Å². The van der Waals surface area contributed by atoms with E-state index < -0.39 is 0 Å². The fraction of sp³-hybridized carbons (Fsp3) is 1.00. The molecule has 0 aromatic heterocycles. The first kappa shape index (κ1) is 14.3. The molecule has 1 N–H and O–H groups in total. The summed E-state index contributed by atoms with van der Waals surface area (Å²) >= 11 is 0. The van der Waals surface area contributed by atoms with Crippen LogP contribution in [0.1, 0.15) is 46.5 Å². The molecule has 0 spiro atoms. The van der Waals surface area contributed by atoms with Crippen molar-refractivity contribution in [3.63, 3.8) is 0 Å². The highest BCUT2D eigenvalue weighted by molar-refractivity contribution is 5.03. The molecule has 0 amide bonds. The molecule has 0 aromatic carbocycles. The zero-order valence-electron chi connectivity index (χ0n) is 12.4. The van der Waals surface area contributed by atoms with E-state index in [0.717, 1.165) is 38.6 Å². The van der Waals surface area contributed by atoms with Crippen molar-refractivity contribution in [3.05, 3.63) is 0 Å². The lowest BCUT2D eigenvalue weighted by molar-refractivity contribution is 0.0374. The summed E-state index contributed by atoms with van der Waals surface area (Å²) in [6, 6.07) is 0.696. The zero-order chi connectivity index (χ0) is 13.0. The van der Waals surface area contributed by atoms with E-state index in [1.807, 2.05) is 0 Å². The van der Waals surface area contributed by atoms with E-state index in [9.17, 15) is 0 Å². The van der Waals surface area contributed by atoms with Crippen LogP contribution in [0, 0.1) is 5.92 Å². The SMILES string of the molecule is CCCOCCN1CC(C)(C2CC2)NCC1CC. The molecule has 2 fully saturated rings. The Balaban J connectivity index is 1.82. The van der Waals surface area contributed by atoms with Gasteiger partial charge in [-0.2, -0.15) is 0 Å². The van der Waals surface area contributed by atoms with Crippen LogP contribution < -0.4 is 5.32 Å². The molecule has 0 aromatic rings. The van der Waals surface area contributed by atoms with E-state index in [-0.39, 0.29) is 0 Å². The average molecular weight is 254 g/mol. The Kier molecular flexibility index (Phi) is 5.05. The summed E-state index contributed by atoms with van der Waals surface area (Å²) < 4.78 is 5.66. The maximum atomic E-state index is 5.66. The predicted molar refractivity (Wildman–Crippen MR) is 75.9 cm³/mol. The van der Waals surface area contributed by atoms with Gasteiger partial charge in [0.25, 0.3) is 0 Å². The first-order chi connectivity index (χ1) is 8.69. The van der Waals surface area contributed by atoms with Gasteiger partial charge in [0.05, 0.1) is 6.61 Å². The van der Waals surface area contributed by atoms with E-state index in [1.54, 1.807) is 0 Å². The number of nitrogens with one attached hydrogen (secondary N) is 1. The molecule has 18 heavy (non-hydrogen) atoms. The molecule has 1 aliphatic carbocycles. The van der Waals surface area contributed by atoms with Crippen molar-refractivity contribution in [1.82, 2.24) is 10.2 Å². The third-order valence-electron chi connectivity index (χ3n) is 4.61. The van der Waals surface area contributed by atoms with Crippen LogP contribution in [0.15, 0.2) is 0 Å². The van der Waals surface area contributed by atoms with Gasteiger partial charge in [0.15, 0.2) is 0 Å². The molecule has 106 valence electrons. The average Bonchev–Trinajstić information content (AvgIpc) is 3.19. The molecule has 3 nitrogen and oxygen atoms in total. The molecule has 2 unspecified atom stereocenters. The molecule has 1 saturated heterocycles. The van der Waals surface area contributed by atoms with E-state index >= 15 is 0 Å². The number of piperazine rings is 1. The lowest BCUT2D eigenvalue weighted by Crippen LogP contribution is -2.64. The highest BCUT2D eigenvalue weighted by Crippen LogP contribution is 2.41. The number of hydrogen-bond acceptors (Lipinski definition) is 3. The first-order valence-electron chi connectivity index (χ1n) is 7.76. The van der Waals surface area contributed by atoms with Crippen LogP contribution in [-0.2, 0) is 4.74 Å². The third kappa shape index (κ3) is 3.46. The van der Waals surface area contributed by atoms with Crippen LogP contribution in [0.4, 0.5) is 0 Å². The largest absolute Gasteiger partial charge is 0.380 e. The summed E-state index contributed by atoms with van der Waals surface area (Å²) in [6.07, 6.45) is 5.20. The van der Waals surface area contributed by atoms with Gasteiger partial charge in [0.1, 0.15) is 0 Å². The number of rotatable bonds is 7. The number of ether oxygens (including phenoxy) is 1. The van der Waals surface area contributed by atoms with Crippen LogP contribution in [-0.4, -0.2) is 49.3 Å². The maximum Gasteiger partial charge on any atom is 0.0593 e. The van der Waals surface area contributed by atoms with E-state index in [1.165, 1.54) is 25.8 Å². The lowest BCUT2D eigenvalue weighted by atomic mass is 9.90. The monoisotopic (exact) mass is 254 g/mol. The quantitative estimate of drug-likeness (QED) is 0.705. The summed E-state index contributed by atoms with van der Waals surface area (Å²) in [5.41, 5.74) is 0.358. The van der Waals surface area contributed by atoms with Crippen molar-refractivity contribution in [3.8, 4) is 0 Å². The fourth-order valence-corrected chi connectivity index (χ4v) is 3.17. The molecular weight excluding hydrogens is 224 g/mol. The van der Waals surface area contributed by atoms with Crippen molar-refractivity contribution in [2.24, 2.45) is 5.92 Å². The normalized spacial score (nSPS) is 33.8. The molecule has 3 heteroatoms. The molecule has 2 aliphatic rings. The molecule has 2 atom stereocenters. The Morgan fingerprint density at radius 3 is 2.67 bits per heavy atom. The maximum absolute atomic E-state index is 5.66. The molecule has 1 heterocycles.